The van der Waals surface area contributed by atoms with Gasteiger partial charge in [-0.15, -0.1) is 11.3 Å². The molecule has 2 aromatic rings. The molecule has 0 aliphatic heterocycles. The average molecular weight is 358 g/mol. The van der Waals surface area contributed by atoms with E-state index in [9.17, 15) is 9.59 Å². The van der Waals surface area contributed by atoms with Crippen LogP contribution in [0.2, 0.25) is 0 Å². The smallest absolute Gasteiger partial charge is 0.338 e. The van der Waals surface area contributed by atoms with Crippen molar-refractivity contribution in [1.82, 2.24) is 0 Å². The summed E-state index contributed by atoms with van der Waals surface area (Å²) in [5.74, 6) is -0.448. The highest BCUT2D eigenvalue weighted by Crippen LogP contribution is 2.22. The van der Waals surface area contributed by atoms with Gasteiger partial charge in [0.25, 0.3) is 5.91 Å². The molecule has 1 atom stereocenters. The summed E-state index contributed by atoms with van der Waals surface area (Å²) in [6.45, 7) is 5.30. The molecule has 0 saturated carbocycles. The maximum atomic E-state index is 12.1. The number of nitrogens with one attached hydrogen (secondary N) is 1. The first-order valence-corrected chi connectivity index (χ1v) is 8.55. The van der Waals surface area contributed by atoms with Gasteiger partial charge in [-0.2, -0.15) is 5.26 Å². The van der Waals surface area contributed by atoms with Crippen LogP contribution in [0.25, 0.3) is 0 Å². The van der Waals surface area contributed by atoms with E-state index in [-0.39, 0.29) is 6.10 Å². The predicted molar refractivity (Wildman–Crippen MR) is 94.7 cm³/mol. The molecule has 0 aliphatic rings. The van der Waals surface area contributed by atoms with E-state index in [1.807, 2.05) is 19.9 Å². The minimum atomic E-state index is -0.993. The van der Waals surface area contributed by atoms with Gasteiger partial charge in [-0.1, -0.05) is 0 Å². The normalized spacial score (nSPS) is 11.5. The molecule has 0 aliphatic carbocycles. The van der Waals surface area contributed by atoms with E-state index in [1.165, 1.54) is 18.3 Å². The molecule has 0 unspecified atom stereocenters. The summed E-state index contributed by atoms with van der Waals surface area (Å²) < 4.78 is 10.7. The number of anilines is 1. The van der Waals surface area contributed by atoms with Crippen LogP contribution in [0, 0.1) is 11.3 Å². The number of rotatable bonds is 6. The van der Waals surface area contributed by atoms with Crippen LogP contribution in [-0.4, -0.2) is 24.1 Å². The van der Waals surface area contributed by atoms with Crippen LogP contribution in [0.5, 0.6) is 5.75 Å². The Morgan fingerprint density at radius 3 is 2.44 bits per heavy atom. The minimum Gasteiger partial charge on any atom is -0.491 e. The van der Waals surface area contributed by atoms with Crippen molar-refractivity contribution in [3.05, 3.63) is 46.8 Å². The number of nitrogens with zero attached hydrogens (tertiary/aromatic N) is 1. The molecular weight excluding hydrogens is 340 g/mol. The second kappa shape index (κ2) is 8.31. The maximum absolute atomic E-state index is 12.1. The summed E-state index contributed by atoms with van der Waals surface area (Å²) in [5.41, 5.74) is 0.696. The number of hydrogen-bond acceptors (Lipinski definition) is 6. The zero-order valence-electron chi connectivity index (χ0n) is 14.1. The van der Waals surface area contributed by atoms with Crippen LogP contribution in [-0.2, 0) is 9.53 Å². The Hall–Kier alpha value is -2.85. The molecule has 1 aromatic heterocycles. The number of nitriles is 1. The Morgan fingerprint density at radius 1 is 1.16 bits per heavy atom. The molecule has 0 radical (unpaired) electrons. The third-order valence-electron chi connectivity index (χ3n) is 3.14. The van der Waals surface area contributed by atoms with Gasteiger partial charge in [0.2, 0.25) is 0 Å². The van der Waals surface area contributed by atoms with Crippen molar-refractivity contribution >= 4 is 28.2 Å². The number of benzene rings is 1. The average Bonchev–Trinajstić information content (AvgIpc) is 3.01. The first kappa shape index (κ1) is 18.5. The van der Waals surface area contributed by atoms with Gasteiger partial charge in [-0.25, -0.2) is 4.79 Å². The zero-order valence-corrected chi connectivity index (χ0v) is 14.9. The van der Waals surface area contributed by atoms with E-state index < -0.39 is 18.0 Å². The third-order valence-corrected chi connectivity index (χ3v) is 3.97. The monoisotopic (exact) mass is 358 g/mol. The van der Waals surface area contributed by atoms with Gasteiger partial charge in [0.05, 0.1) is 17.2 Å². The lowest BCUT2D eigenvalue weighted by atomic mass is 10.2. The molecule has 1 aromatic carbocycles. The molecule has 1 N–H and O–H groups in total. The van der Waals surface area contributed by atoms with Crippen LogP contribution in [0.15, 0.2) is 35.7 Å². The number of carbonyl (C=O) groups excluding carboxylic acids is 2. The molecule has 0 fully saturated rings. The van der Waals surface area contributed by atoms with Crippen molar-refractivity contribution in [2.45, 2.75) is 33.0 Å². The molecule has 0 spiro atoms. The first-order valence-electron chi connectivity index (χ1n) is 7.67. The highest BCUT2D eigenvalue weighted by Gasteiger charge is 2.20. The lowest BCUT2D eigenvalue weighted by Crippen LogP contribution is -2.29. The van der Waals surface area contributed by atoms with Gasteiger partial charge in [-0.05, 0) is 56.5 Å². The fourth-order valence-corrected chi connectivity index (χ4v) is 2.67. The molecule has 0 bridgehead atoms. The van der Waals surface area contributed by atoms with E-state index in [4.69, 9.17) is 14.7 Å². The highest BCUT2D eigenvalue weighted by molar-refractivity contribution is 7.14. The number of thiophene rings is 1. The number of amides is 1. The van der Waals surface area contributed by atoms with E-state index >= 15 is 0 Å². The quantitative estimate of drug-likeness (QED) is 0.797. The van der Waals surface area contributed by atoms with Crippen LogP contribution in [0.3, 0.4) is 0 Å². The van der Waals surface area contributed by atoms with Crippen LogP contribution < -0.4 is 10.1 Å². The molecule has 6 nitrogen and oxygen atoms in total. The van der Waals surface area contributed by atoms with Gasteiger partial charge in [-0.3, -0.25) is 4.79 Å². The van der Waals surface area contributed by atoms with Crippen molar-refractivity contribution in [1.29, 1.82) is 5.26 Å². The van der Waals surface area contributed by atoms with Crippen molar-refractivity contribution in [3.8, 4) is 11.8 Å². The van der Waals surface area contributed by atoms with Gasteiger partial charge >= 0.3 is 5.97 Å². The Labute approximate surface area is 150 Å². The largest absolute Gasteiger partial charge is 0.491 e. The summed E-state index contributed by atoms with van der Waals surface area (Å²) in [7, 11) is 0. The minimum absolute atomic E-state index is 0.0390. The third kappa shape index (κ3) is 5.06. The van der Waals surface area contributed by atoms with Crippen molar-refractivity contribution in [2.75, 3.05) is 5.32 Å². The predicted octanol–water partition coefficient (Wildman–Crippen LogP) is 3.59. The summed E-state index contributed by atoms with van der Waals surface area (Å²) in [6.07, 6.45) is -0.954. The van der Waals surface area contributed by atoms with Crippen LogP contribution >= 0.6 is 11.3 Å². The number of esters is 1. The van der Waals surface area contributed by atoms with Crippen molar-refractivity contribution in [3.63, 3.8) is 0 Å². The summed E-state index contributed by atoms with van der Waals surface area (Å²) >= 11 is 1.23. The number of ether oxygens (including phenoxy) is 2. The van der Waals surface area contributed by atoms with Crippen LogP contribution in [0.1, 0.15) is 36.7 Å². The Morgan fingerprint density at radius 2 is 1.84 bits per heavy atom. The Kier molecular flexibility index (Phi) is 6.14. The second-order valence-corrected chi connectivity index (χ2v) is 6.42. The molecule has 1 amide bonds. The number of hydrogen-bond donors (Lipinski definition) is 1. The van der Waals surface area contributed by atoms with E-state index in [0.29, 0.717) is 21.9 Å². The summed E-state index contributed by atoms with van der Waals surface area (Å²) in [5, 5.41) is 13.7. The van der Waals surface area contributed by atoms with Gasteiger partial charge in [0.1, 0.15) is 16.8 Å². The lowest BCUT2D eigenvalue weighted by Gasteiger charge is -2.13. The lowest BCUT2D eigenvalue weighted by molar-refractivity contribution is -0.123. The Balaban J connectivity index is 1.95. The van der Waals surface area contributed by atoms with Crippen LogP contribution in [0.4, 0.5) is 5.00 Å². The zero-order chi connectivity index (χ0) is 18.4. The SMILES string of the molecule is CC(C)Oc1ccc(C(=O)O[C@@H](C)C(=O)Nc2sccc2C#N)cc1. The number of carbonyl (C=O) groups is 2. The van der Waals surface area contributed by atoms with Gasteiger partial charge in [0, 0.05) is 0 Å². The van der Waals surface area contributed by atoms with Gasteiger partial charge in [0.15, 0.2) is 6.10 Å². The molecular formula is C18H18N2O4S. The van der Waals surface area contributed by atoms with E-state index in [0.717, 1.165) is 0 Å². The molecule has 130 valence electrons. The van der Waals surface area contributed by atoms with Crippen molar-refractivity contribution < 1.29 is 19.1 Å². The first-order chi connectivity index (χ1) is 11.9. The maximum Gasteiger partial charge on any atom is 0.338 e. The van der Waals surface area contributed by atoms with Gasteiger partial charge < -0.3 is 14.8 Å². The fourth-order valence-electron chi connectivity index (χ4n) is 1.93. The molecule has 2 rings (SSSR count). The standard InChI is InChI=1S/C18H18N2O4S/c1-11(2)23-15-6-4-13(5-7-15)18(22)24-12(3)16(21)20-17-14(10-19)8-9-25-17/h4-9,11-12H,1-3H3,(H,20,21)/t12-/m0/s1. The highest BCUT2D eigenvalue weighted by atomic mass is 32.1. The second-order valence-electron chi connectivity index (χ2n) is 5.50. The van der Waals surface area contributed by atoms with E-state index in [2.05, 4.69) is 5.32 Å². The molecule has 25 heavy (non-hydrogen) atoms. The molecule has 7 heteroatoms. The molecule has 1 heterocycles. The summed E-state index contributed by atoms with van der Waals surface area (Å²) in [4.78, 5) is 24.2. The summed E-state index contributed by atoms with van der Waals surface area (Å²) in [6, 6.07) is 10.1. The van der Waals surface area contributed by atoms with E-state index in [1.54, 1.807) is 35.7 Å². The topological polar surface area (TPSA) is 88.4 Å². The van der Waals surface area contributed by atoms with Crippen molar-refractivity contribution in [2.24, 2.45) is 0 Å². The molecule has 0 saturated heterocycles. The Bertz CT molecular complexity index is 790. The fraction of sp³-hybridized carbons (Fsp3) is 0.278.